The molecule has 0 atom stereocenters. The highest BCUT2D eigenvalue weighted by molar-refractivity contribution is 7.98. The number of nitrogens with one attached hydrogen (secondary N) is 2. The number of hydrogen-bond donors (Lipinski definition) is 2. The van der Waals surface area contributed by atoms with Gasteiger partial charge in [-0.25, -0.2) is 13.1 Å². The Balaban J connectivity index is 1.77. The van der Waals surface area contributed by atoms with Crippen molar-refractivity contribution in [3.63, 3.8) is 0 Å². The van der Waals surface area contributed by atoms with Gasteiger partial charge in [-0.3, -0.25) is 4.79 Å². The molecule has 1 aromatic heterocycles. The number of sulfonamides is 1. The summed E-state index contributed by atoms with van der Waals surface area (Å²) in [5, 5.41) is 2.80. The first-order chi connectivity index (χ1) is 11.0. The molecule has 2 N–H and O–H groups in total. The van der Waals surface area contributed by atoms with Gasteiger partial charge in [0.2, 0.25) is 10.0 Å². The van der Waals surface area contributed by atoms with Gasteiger partial charge in [-0.05, 0) is 43.4 Å². The zero-order valence-electron chi connectivity index (χ0n) is 12.6. The SMILES string of the molecule is CNS(=O)(=O)c1ccc(C(=O)NCCSCc2ccco2)cc1. The fraction of sp³-hybridized carbons (Fsp3) is 0.267. The molecule has 23 heavy (non-hydrogen) atoms. The Morgan fingerprint density at radius 2 is 1.96 bits per heavy atom. The third-order valence-electron chi connectivity index (χ3n) is 3.05. The fourth-order valence-electron chi connectivity index (χ4n) is 1.81. The molecule has 0 aliphatic heterocycles. The number of carbonyl (C=O) groups is 1. The Hall–Kier alpha value is -1.77. The Morgan fingerprint density at radius 1 is 1.22 bits per heavy atom. The minimum Gasteiger partial charge on any atom is -0.468 e. The van der Waals surface area contributed by atoms with Crippen LogP contribution in [-0.2, 0) is 15.8 Å². The van der Waals surface area contributed by atoms with Crippen LogP contribution >= 0.6 is 11.8 Å². The first-order valence-electron chi connectivity index (χ1n) is 6.95. The van der Waals surface area contributed by atoms with Crippen LogP contribution in [0.15, 0.2) is 52.0 Å². The van der Waals surface area contributed by atoms with E-state index < -0.39 is 10.0 Å². The van der Waals surface area contributed by atoms with Crippen molar-refractivity contribution in [1.82, 2.24) is 10.0 Å². The van der Waals surface area contributed by atoms with E-state index in [2.05, 4.69) is 10.0 Å². The lowest BCUT2D eigenvalue weighted by atomic mass is 10.2. The molecule has 0 unspecified atom stereocenters. The highest BCUT2D eigenvalue weighted by Gasteiger charge is 2.12. The van der Waals surface area contributed by atoms with Crippen LogP contribution in [0.4, 0.5) is 0 Å². The summed E-state index contributed by atoms with van der Waals surface area (Å²) < 4.78 is 30.6. The van der Waals surface area contributed by atoms with Crippen molar-refractivity contribution in [3.05, 3.63) is 54.0 Å². The number of hydrogen-bond acceptors (Lipinski definition) is 5. The van der Waals surface area contributed by atoms with E-state index in [4.69, 9.17) is 4.42 Å². The number of carbonyl (C=O) groups excluding carboxylic acids is 1. The standard InChI is InChI=1S/C15H18N2O4S2/c1-16-23(19,20)14-6-4-12(5-7-14)15(18)17-8-10-22-11-13-3-2-9-21-13/h2-7,9,16H,8,10-11H2,1H3,(H,17,18). The Morgan fingerprint density at radius 3 is 2.57 bits per heavy atom. The van der Waals surface area contributed by atoms with E-state index in [1.54, 1.807) is 18.0 Å². The molecule has 0 radical (unpaired) electrons. The van der Waals surface area contributed by atoms with E-state index in [0.717, 1.165) is 17.3 Å². The molecule has 124 valence electrons. The van der Waals surface area contributed by atoms with Crippen LogP contribution < -0.4 is 10.0 Å². The summed E-state index contributed by atoms with van der Waals surface area (Å²) in [4.78, 5) is 12.1. The third kappa shape index (κ3) is 5.12. The third-order valence-corrected chi connectivity index (χ3v) is 5.46. The van der Waals surface area contributed by atoms with Crippen molar-refractivity contribution in [2.75, 3.05) is 19.3 Å². The maximum atomic E-state index is 12.0. The van der Waals surface area contributed by atoms with Crippen LogP contribution in [-0.4, -0.2) is 33.7 Å². The van der Waals surface area contributed by atoms with Gasteiger partial charge in [0.25, 0.3) is 5.91 Å². The van der Waals surface area contributed by atoms with Crippen LogP contribution in [0, 0.1) is 0 Å². The number of benzene rings is 1. The van der Waals surface area contributed by atoms with Crippen molar-refractivity contribution < 1.29 is 17.6 Å². The number of amides is 1. The van der Waals surface area contributed by atoms with E-state index in [0.29, 0.717) is 12.1 Å². The monoisotopic (exact) mass is 354 g/mol. The molecule has 0 bridgehead atoms. The molecule has 1 aromatic carbocycles. The largest absolute Gasteiger partial charge is 0.468 e. The van der Waals surface area contributed by atoms with Gasteiger partial charge in [-0.15, -0.1) is 0 Å². The first kappa shape index (κ1) is 17.6. The van der Waals surface area contributed by atoms with Crippen LogP contribution in [0.2, 0.25) is 0 Å². The van der Waals surface area contributed by atoms with Crippen molar-refractivity contribution in [3.8, 4) is 0 Å². The number of thioether (sulfide) groups is 1. The molecule has 0 fully saturated rings. The molecule has 8 heteroatoms. The normalized spacial score (nSPS) is 11.3. The first-order valence-corrected chi connectivity index (χ1v) is 9.58. The molecular formula is C15H18N2O4S2. The van der Waals surface area contributed by atoms with Gasteiger partial charge in [0.1, 0.15) is 5.76 Å². The van der Waals surface area contributed by atoms with Crippen molar-refractivity contribution >= 4 is 27.7 Å². The predicted octanol–water partition coefficient (Wildman–Crippen LogP) is 1.85. The lowest BCUT2D eigenvalue weighted by Gasteiger charge is -2.06. The van der Waals surface area contributed by atoms with Crippen molar-refractivity contribution in [2.45, 2.75) is 10.6 Å². The lowest BCUT2D eigenvalue weighted by molar-refractivity contribution is 0.0956. The lowest BCUT2D eigenvalue weighted by Crippen LogP contribution is -2.26. The second-order valence-corrected chi connectivity index (χ2v) is 7.61. The molecule has 0 saturated heterocycles. The van der Waals surface area contributed by atoms with E-state index in [1.165, 1.54) is 31.3 Å². The predicted molar refractivity (Wildman–Crippen MR) is 89.9 cm³/mol. The summed E-state index contributed by atoms with van der Waals surface area (Å²) in [5.74, 6) is 2.21. The van der Waals surface area contributed by atoms with Crippen LogP contribution in [0.1, 0.15) is 16.1 Å². The zero-order chi connectivity index (χ0) is 16.7. The highest BCUT2D eigenvalue weighted by atomic mass is 32.2. The van der Waals surface area contributed by atoms with Crippen LogP contribution in [0.25, 0.3) is 0 Å². The number of furan rings is 1. The molecule has 0 aliphatic rings. The maximum Gasteiger partial charge on any atom is 0.251 e. The van der Waals surface area contributed by atoms with Gasteiger partial charge in [0.05, 0.1) is 16.9 Å². The summed E-state index contributed by atoms with van der Waals surface area (Å²) in [6.07, 6.45) is 1.63. The van der Waals surface area contributed by atoms with E-state index in [-0.39, 0.29) is 10.8 Å². The average Bonchev–Trinajstić information content (AvgIpc) is 3.08. The van der Waals surface area contributed by atoms with E-state index in [1.807, 2.05) is 12.1 Å². The van der Waals surface area contributed by atoms with Gasteiger partial charge in [-0.2, -0.15) is 11.8 Å². The quantitative estimate of drug-likeness (QED) is 0.706. The van der Waals surface area contributed by atoms with E-state index in [9.17, 15) is 13.2 Å². The maximum absolute atomic E-state index is 12.0. The second-order valence-electron chi connectivity index (χ2n) is 4.62. The van der Waals surface area contributed by atoms with Crippen LogP contribution in [0.5, 0.6) is 0 Å². The van der Waals surface area contributed by atoms with Gasteiger partial charge < -0.3 is 9.73 Å². The summed E-state index contributed by atoms with van der Waals surface area (Å²) in [6, 6.07) is 9.56. The Kier molecular flexibility index (Phi) is 6.26. The molecule has 6 nitrogen and oxygen atoms in total. The van der Waals surface area contributed by atoms with Crippen molar-refractivity contribution in [2.24, 2.45) is 0 Å². The van der Waals surface area contributed by atoms with Crippen LogP contribution in [0.3, 0.4) is 0 Å². The minimum absolute atomic E-state index is 0.130. The zero-order valence-corrected chi connectivity index (χ0v) is 14.2. The summed E-state index contributed by atoms with van der Waals surface area (Å²) in [5.41, 5.74) is 0.427. The molecular weight excluding hydrogens is 336 g/mol. The second kappa shape index (κ2) is 8.19. The van der Waals surface area contributed by atoms with Gasteiger partial charge in [0.15, 0.2) is 0 Å². The van der Waals surface area contributed by atoms with Gasteiger partial charge in [0, 0.05) is 17.9 Å². The van der Waals surface area contributed by atoms with Gasteiger partial charge >= 0.3 is 0 Å². The molecule has 1 heterocycles. The topological polar surface area (TPSA) is 88.4 Å². The van der Waals surface area contributed by atoms with E-state index >= 15 is 0 Å². The fourth-order valence-corrected chi connectivity index (χ4v) is 3.30. The Labute approximate surface area is 139 Å². The molecule has 0 saturated carbocycles. The molecule has 2 rings (SSSR count). The molecule has 0 aliphatic carbocycles. The number of rotatable bonds is 8. The molecule has 1 amide bonds. The molecule has 2 aromatic rings. The summed E-state index contributed by atoms with van der Waals surface area (Å²) in [6.45, 7) is 0.529. The minimum atomic E-state index is -3.48. The Bertz CT molecular complexity index is 725. The smallest absolute Gasteiger partial charge is 0.251 e. The van der Waals surface area contributed by atoms with Gasteiger partial charge in [-0.1, -0.05) is 0 Å². The average molecular weight is 354 g/mol. The highest BCUT2D eigenvalue weighted by Crippen LogP contribution is 2.12. The molecule has 0 spiro atoms. The van der Waals surface area contributed by atoms with Crippen molar-refractivity contribution in [1.29, 1.82) is 0 Å². The summed E-state index contributed by atoms with van der Waals surface area (Å²) in [7, 11) is -2.14. The summed E-state index contributed by atoms with van der Waals surface area (Å²) >= 11 is 1.66.